The molecule has 2 unspecified atom stereocenters. The zero-order valence-corrected chi connectivity index (χ0v) is 11.6. The van der Waals surface area contributed by atoms with Gasteiger partial charge < -0.3 is 5.32 Å². The number of hydrogen-bond donors (Lipinski definition) is 1. The van der Waals surface area contributed by atoms with E-state index in [-0.39, 0.29) is 5.69 Å². The number of alkyl halides is 3. The molecule has 1 aromatic rings. The summed E-state index contributed by atoms with van der Waals surface area (Å²) in [5.41, 5.74) is -1.85. The molecule has 4 nitrogen and oxygen atoms in total. The van der Waals surface area contributed by atoms with Crippen LogP contribution in [-0.4, -0.2) is 11.5 Å². The molecular weight excluding hydrogens is 285 g/mol. The molecule has 1 aromatic carbocycles. The first-order valence-electron chi connectivity index (χ1n) is 6.87. The number of anilines is 1. The van der Waals surface area contributed by atoms with Crippen molar-refractivity contribution in [2.45, 2.75) is 32.4 Å². The highest BCUT2D eigenvalue weighted by Gasteiger charge is 2.38. The molecule has 0 bridgehead atoms. The molecule has 1 N–H and O–H groups in total. The Bertz CT molecular complexity index is 531. The maximum absolute atomic E-state index is 12.8. The fraction of sp³-hybridized carbons (Fsp3) is 0.571. The standard InChI is InChI=1S/C14H17F3N2O2/c1-9-2-3-10(6-9)8-18-11-4-5-13(19(20)21)12(7-11)14(15,16)17/h4-5,7,9-10,18H,2-3,6,8H2,1H3. The Labute approximate surface area is 120 Å². The normalized spacial score (nSPS) is 22.3. The van der Waals surface area contributed by atoms with E-state index >= 15 is 0 Å². The van der Waals surface area contributed by atoms with E-state index in [2.05, 4.69) is 12.2 Å². The van der Waals surface area contributed by atoms with Crippen LogP contribution in [0, 0.1) is 22.0 Å². The second-order valence-corrected chi connectivity index (χ2v) is 5.65. The van der Waals surface area contributed by atoms with Crippen LogP contribution >= 0.6 is 0 Å². The van der Waals surface area contributed by atoms with Gasteiger partial charge in [-0.25, -0.2) is 0 Å². The number of halogens is 3. The number of rotatable bonds is 4. The molecule has 116 valence electrons. The molecule has 0 heterocycles. The van der Waals surface area contributed by atoms with Crippen LogP contribution in [0.1, 0.15) is 31.7 Å². The minimum atomic E-state index is -4.73. The summed E-state index contributed by atoms with van der Waals surface area (Å²) >= 11 is 0. The fourth-order valence-corrected chi connectivity index (χ4v) is 2.80. The Morgan fingerprint density at radius 1 is 1.38 bits per heavy atom. The summed E-state index contributed by atoms with van der Waals surface area (Å²) < 4.78 is 38.5. The van der Waals surface area contributed by atoms with Crippen LogP contribution < -0.4 is 5.32 Å². The number of nitro benzene ring substituents is 1. The first-order valence-corrected chi connectivity index (χ1v) is 6.87. The van der Waals surface area contributed by atoms with E-state index in [1.165, 1.54) is 6.07 Å². The van der Waals surface area contributed by atoms with Gasteiger partial charge in [0.25, 0.3) is 5.69 Å². The highest BCUT2D eigenvalue weighted by atomic mass is 19.4. The van der Waals surface area contributed by atoms with Crippen LogP contribution in [0.25, 0.3) is 0 Å². The predicted molar refractivity (Wildman–Crippen MR) is 73.1 cm³/mol. The Morgan fingerprint density at radius 3 is 2.62 bits per heavy atom. The lowest BCUT2D eigenvalue weighted by atomic mass is 10.1. The quantitative estimate of drug-likeness (QED) is 0.660. The maximum Gasteiger partial charge on any atom is 0.423 e. The predicted octanol–water partition coefficient (Wildman–Crippen LogP) is 4.46. The molecule has 0 radical (unpaired) electrons. The zero-order valence-electron chi connectivity index (χ0n) is 11.6. The Morgan fingerprint density at radius 2 is 2.10 bits per heavy atom. The lowest BCUT2D eigenvalue weighted by Gasteiger charge is -2.14. The summed E-state index contributed by atoms with van der Waals surface area (Å²) in [5, 5.41) is 13.6. The minimum Gasteiger partial charge on any atom is -0.385 e. The van der Waals surface area contributed by atoms with Crippen molar-refractivity contribution in [3.05, 3.63) is 33.9 Å². The molecule has 1 aliphatic rings. The van der Waals surface area contributed by atoms with Crippen molar-refractivity contribution in [3.8, 4) is 0 Å². The van der Waals surface area contributed by atoms with Crippen molar-refractivity contribution in [1.29, 1.82) is 0 Å². The van der Waals surface area contributed by atoms with Gasteiger partial charge in [-0.15, -0.1) is 0 Å². The second kappa shape index (κ2) is 5.91. The summed E-state index contributed by atoms with van der Waals surface area (Å²) in [6.07, 6.45) is -1.47. The van der Waals surface area contributed by atoms with Gasteiger partial charge in [-0.1, -0.05) is 13.3 Å². The zero-order chi connectivity index (χ0) is 15.6. The Kier molecular flexibility index (Phi) is 4.39. The van der Waals surface area contributed by atoms with Gasteiger partial charge in [-0.2, -0.15) is 13.2 Å². The highest BCUT2D eigenvalue weighted by Crippen LogP contribution is 2.38. The van der Waals surface area contributed by atoms with Crippen molar-refractivity contribution in [1.82, 2.24) is 0 Å². The van der Waals surface area contributed by atoms with Crippen LogP contribution in [0.5, 0.6) is 0 Å². The number of hydrogen-bond acceptors (Lipinski definition) is 3. The Hall–Kier alpha value is -1.79. The third-order valence-electron chi connectivity index (χ3n) is 3.90. The van der Waals surface area contributed by atoms with Gasteiger partial charge >= 0.3 is 6.18 Å². The molecule has 0 saturated heterocycles. The largest absolute Gasteiger partial charge is 0.423 e. The molecule has 0 aliphatic heterocycles. The second-order valence-electron chi connectivity index (χ2n) is 5.65. The van der Waals surface area contributed by atoms with E-state index in [1.807, 2.05) is 0 Å². The molecule has 1 fully saturated rings. The molecule has 0 amide bonds. The smallest absolute Gasteiger partial charge is 0.385 e. The number of nitrogens with zero attached hydrogens (tertiary/aromatic N) is 1. The van der Waals surface area contributed by atoms with E-state index in [0.29, 0.717) is 18.4 Å². The van der Waals surface area contributed by atoms with Gasteiger partial charge in [0, 0.05) is 18.3 Å². The molecule has 0 aromatic heterocycles. The number of nitrogens with one attached hydrogen (secondary N) is 1. The lowest BCUT2D eigenvalue weighted by molar-refractivity contribution is -0.388. The van der Waals surface area contributed by atoms with Crippen molar-refractivity contribution in [2.24, 2.45) is 11.8 Å². The molecule has 1 aliphatic carbocycles. The summed E-state index contributed by atoms with van der Waals surface area (Å²) in [5.74, 6) is 1.10. The average Bonchev–Trinajstić information content (AvgIpc) is 2.81. The third-order valence-corrected chi connectivity index (χ3v) is 3.90. The lowest BCUT2D eigenvalue weighted by Crippen LogP contribution is -2.13. The minimum absolute atomic E-state index is 0.271. The van der Waals surface area contributed by atoms with Crippen LogP contribution in [0.4, 0.5) is 24.5 Å². The molecule has 7 heteroatoms. The van der Waals surface area contributed by atoms with E-state index in [1.54, 1.807) is 0 Å². The molecule has 21 heavy (non-hydrogen) atoms. The fourth-order valence-electron chi connectivity index (χ4n) is 2.80. The Balaban J connectivity index is 2.12. The summed E-state index contributed by atoms with van der Waals surface area (Å²) in [7, 11) is 0. The van der Waals surface area contributed by atoms with Crippen molar-refractivity contribution in [2.75, 3.05) is 11.9 Å². The van der Waals surface area contributed by atoms with E-state index in [4.69, 9.17) is 0 Å². The van der Waals surface area contributed by atoms with Gasteiger partial charge in [-0.05, 0) is 36.8 Å². The van der Waals surface area contributed by atoms with Crippen LogP contribution in [0.15, 0.2) is 18.2 Å². The number of benzene rings is 1. The van der Waals surface area contributed by atoms with Gasteiger partial charge in [0.1, 0.15) is 5.56 Å². The van der Waals surface area contributed by atoms with Gasteiger partial charge in [0.2, 0.25) is 0 Å². The monoisotopic (exact) mass is 302 g/mol. The summed E-state index contributed by atoms with van der Waals surface area (Å²) in [6, 6.07) is 3.05. The van der Waals surface area contributed by atoms with Crippen LogP contribution in [0.2, 0.25) is 0 Å². The maximum atomic E-state index is 12.8. The molecule has 0 spiro atoms. The highest BCUT2D eigenvalue weighted by molar-refractivity contribution is 5.55. The summed E-state index contributed by atoms with van der Waals surface area (Å²) in [4.78, 5) is 9.66. The molecule has 2 rings (SSSR count). The van der Waals surface area contributed by atoms with Crippen LogP contribution in [-0.2, 0) is 6.18 Å². The first-order chi connectivity index (χ1) is 9.77. The van der Waals surface area contributed by atoms with Crippen molar-refractivity contribution < 1.29 is 18.1 Å². The van der Waals surface area contributed by atoms with E-state index in [0.717, 1.165) is 31.4 Å². The SMILES string of the molecule is CC1CCC(CNc2ccc([N+](=O)[O-])c(C(F)(F)F)c2)C1. The third kappa shape index (κ3) is 3.86. The molecule has 1 saturated carbocycles. The molecule has 2 atom stereocenters. The average molecular weight is 302 g/mol. The summed E-state index contributed by atoms with van der Waals surface area (Å²) in [6.45, 7) is 2.76. The molecular formula is C14H17F3N2O2. The van der Waals surface area contributed by atoms with Gasteiger partial charge in [0.15, 0.2) is 0 Å². The van der Waals surface area contributed by atoms with E-state index in [9.17, 15) is 23.3 Å². The van der Waals surface area contributed by atoms with Crippen molar-refractivity contribution in [3.63, 3.8) is 0 Å². The van der Waals surface area contributed by atoms with Gasteiger partial charge in [0.05, 0.1) is 4.92 Å². The first kappa shape index (κ1) is 15.6. The topological polar surface area (TPSA) is 55.2 Å². The van der Waals surface area contributed by atoms with Gasteiger partial charge in [-0.3, -0.25) is 10.1 Å². The van der Waals surface area contributed by atoms with Crippen molar-refractivity contribution >= 4 is 11.4 Å². The number of nitro groups is 1. The van der Waals surface area contributed by atoms with Crippen LogP contribution in [0.3, 0.4) is 0 Å². The van der Waals surface area contributed by atoms with E-state index < -0.39 is 22.4 Å².